The minimum Gasteiger partial charge on any atom is -0.496 e. The highest BCUT2D eigenvalue weighted by Crippen LogP contribution is 2.43. The monoisotopic (exact) mass is 481 g/mol. The zero-order valence-corrected chi connectivity index (χ0v) is 20.8. The average Bonchev–Trinajstić information content (AvgIpc) is 3.27. The normalized spacial score (nSPS) is 18.4. The summed E-state index contributed by atoms with van der Waals surface area (Å²) in [5, 5.41) is 3.09. The van der Waals surface area contributed by atoms with Gasteiger partial charge in [-0.25, -0.2) is 4.39 Å². The number of allylic oxidation sites excluding steroid dienone is 3. The molecule has 0 amide bonds. The quantitative estimate of drug-likeness (QED) is 0.501. The van der Waals surface area contributed by atoms with E-state index >= 15 is 0 Å². The third kappa shape index (κ3) is 4.75. The molecule has 0 aromatic heterocycles. The summed E-state index contributed by atoms with van der Waals surface area (Å²) in [5.41, 5.74) is 5.06. The molecule has 2 aliphatic rings. The van der Waals surface area contributed by atoms with Crippen LogP contribution in [0.3, 0.4) is 0 Å². The molecule has 0 fully saturated rings. The van der Waals surface area contributed by atoms with Gasteiger partial charge in [-0.15, -0.1) is 11.8 Å². The van der Waals surface area contributed by atoms with Gasteiger partial charge in [-0.1, -0.05) is 18.2 Å². The van der Waals surface area contributed by atoms with Crippen molar-refractivity contribution in [1.29, 1.82) is 0 Å². The van der Waals surface area contributed by atoms with E-state index in [0.717, 1.165) is 28.0 Å². The molecule has 0 saturated heterocycles. The number of carbonyl (C=O) groups is 2. The number of Topliss-reactive ketones (excluding diaryl/α,β-unsaturated/α-hetero) is 1. The number of esters is 1. The molecule has 4 rings (SSSR count). The maximum Gasteiger partial charge on any atom is 0.320 e. The summed E-state index contributed by atoms with van der Waals surface area (Å²) in [6, 6.07) is 8.35. The molecule has 2 aromatic rings. The molecule has 2 aromatic carbocycles. The first kappa shape index (κ1) is 24.1. The Morgan fingerprint density at radius 2 is 1.94 bits per heavy atom. The Labute approximate surface area is 203 Å². The number of benzene rings is 2. The van der Waals surface area contributed by atoms with Gasteiger partial charge in [0.05, 0.1) is 12.6 Å². The summed E-state index contributed by atoms with van der Waals surface area (Å²) in [6.45, 7) is 7.75. The topological polar surface area (TPSA) is 64.6 Å². The first-order chi connectivity index (χ1) is 16.1. The molecule has 0 radical (unpaired) electrons. The van der Waals surface area contributed by atoms with Crippen molar-refractivity contribution in [3.8, 4) is 16.9 Å². The number of rotatable bonds is 6. The van der Waals surface area contributed by atoms with Gasteiger partial charge in [0.15, 0.2) is 5.78 Å². The van der Waals surface area contributed by atoms with E-state index in [1.165, 1.54) is 37.9 Å². The predicted octanol–water partition coefficient (Wildman–Crippen LogP) is 6.13. The number of ketones is 1. The van der Waals surface area contributed by atoms with Crippen molar-refractivity contribution in [3.63, 3.8) is 0 Å². The first-order valence-corrected chi connectivity index (χ1v) is 12.0. The van der Waals surface area contributed by atoms with E-state index in [2.05, 4.69) is 25.2 Å². The fourth-order valence-electron chi connectivity index (χ4n) is 4.56. The van der Waals surface area contributed by atoms with Crippen LogP contribution in [0.25, 0.3) is 16.7 Å². The van der Waals surface area contributed by atoms with Gasteiger partial charge in [-0.2, -0.15) is 0 Å². The first-order valence-electron chi connectivity index (χ1n) is 11.1. The van der Waals surface area contributed by atoms with E-state index in [0.29, 0.717) is 22.6 Å². The Kier molecular flexibility index (Phi) is 6.58. The summed E-state index contributed by atoms with van der Waals surface area (Å²) < 4.78 is 25.1. The Hall–Kier alpha value is -3.06. The van der Waals surface area contributed by atoms with Crippen LogP contribution >= 0.6 is 11.8 Å². The highest BCUT2D eigenvalue weighted by molar-refractivity contribution is 8.05. The molecule has 0 spiro atoms. The van der Waals surface area contributed by atoms with Crippen LogP contribution in [0, 0.1) is 5.82 Å². The fourth-order valence-corrected chi connectivity index (χ4v) is 5.58. The Morgan fingerprint density at radius 3 is 2.62 bits per heavy atom. The van der Waals surface area contributed by atoms with E-state index < -0.39 is 11.1 Å². The van der Waals surface area contributed by atoms with Crippen LogP contribution in [-0.2, 0) is 20.9 Å². The highest BCUT2D eigenvalue weighted by Gasteiger charge is 2.30. The second-order valence-electron chi connectivity index (χ2n) is 9.11. The summed E-state index contributed by atoms with van der Waals surface area (Å²) in [7, 11) is 1.50. The van der Waals surface area contributed by atoms with Gasteiger partial charge in [0.25, 0.3) is 0 Å². The zero-order valence-electron chi connectivity index (χ0n) is 20.0. The average molecular weight is 482 g/mol. The Bertz CT molecular complexity index is 1230. The lowest BCUT2D eigenvalue weighted by molar-refractivity contribution is -0.144. The molecule has 0 bridgehead atoms. The third-order valence-electron chi connectivity index (χ3n) is 5.95. The number of ether oxygens (including phenoxy) is 2. The van der Waals surface area contributed by atoms with Crippen LogP contribution in [0.4, 0.5) is 10.1 Å². The number of hydrogen-bond acceptors (Lipinski definition) is 6. The largest absolute Gasteiger partial charge is 0.496 e. The summed E-state index contributed by atoms with van der Waals surface area (Å²) >= 11 is 1.25. The van der Waals surface area contributed by atoms with Crippen molar-refractivity contribution in [1.82, 2.24) is 0 Å². The number of fused-ring (bicyclic) bond motifs is 1. The van der Waals surface area contributed by atoms with Gasteiger partial charge in [0.2, 0.25) is 0 Å². The number of carbonyl (C=O) groups excluding carboxylic acids is 2. The predicted molar refractivity (Wildman–Crippen MR) is 134 cm³/mol. The zero-order chi connectivity index (χ0) is 24.6. The van der Waals surface area contributed by atoms with Crippen LogP contribution in [0.15, 0.2) is 47.4 Å². The third-order valence-corrected chi connectivity index (χ3v) is 7.33. The van der Waals surface area contributed by atoms with E-state index in [1.807, 2.05) is 19.1 Å². The molecule has 2 aliphatic heterocycles. The van der Waals surface area contributed by atoms with Gasteiger partial charge in [0, 0.05) is 33.3 Å². The van der Waals surface area contributed by atoms with Crippen LogP contribution in [0.1, 0.15) is 45.2 Å². The lowest BCUT2D eigenvalue weighted by Crippen LogP contribution is -2.32. The number of methoxy groups -OCH3 is 1. The lowest BCUT2D eigenvalue weighted by atomic mass is 9.85. The maximum atomic E-state index is 13.9. The second kappa shape index (κ2) is 9.29. The van der Waals surface area contributed by atoms with Crippen LogP contribution < -0.4 is 10.1 Å². The molecule has 5 nitrogen and oxygen atoms in total. The SMILES string of the molecule is COc1cc(F)ccc1-c1ccc2c(c1COC(=O)C1CC=C(C(C)=O)S1)C(C)=CC(C)(C)N2. The maximum absolute atomic E-state index is 13.9. The smallest absolute Gasteiger partial charge is 0.320 e. The van der Waals surface area contributed by atoms with Crippen molar-refractivity contribution >= 4 is 34.8 Å². The number of hydrogen-bond donors (Lipinski definition) is 1. The van der Waals surface area contributed by atoms with Gasteiger partial charge >= 0.3 is 5.97 Å². The van der Waals surface area contributed by atoms with Gasteiger partial charge < -0.3 is 14.8 Å². The minimum absolute atomic E-state index is 0.0393. The molecule has 1 atom stereocenters. The number of nitrogens with one attached hydrogen (secondary N) is 1. The molecular weight excluding hydrogens is 453 g/mol. The van der Waals surface area contributed by atoms with Crippen LogP contribution in [0.5, 0.6) is 5.75 Å². The fraction of sp³-hybridized carbons (Fsp3) is 0.333. The van der Waals surface area contributed by atoms with E-state index in [9.17, 15) is 14.0 Å². The van der Waals surface area contributed by atoms with E-state index in [-0.39, 0.29) is 23.9 Å². The van der Waals surface area contributed by atoms with Crippen molar-refractivity contribution in [3.05, 3.63) is 64.3 Å². The highest BCUT2D eigenvalue weighted by atomic mass is 32.2. The molecular formula is C27H28FNO4S. The number of thioether (sulfide) groups is 1. The summed E-state index contributed by atoms with van der Waals surface area (Å²) in [6.07, 6.45) is 4.40. The Morgan fingerprint density at radius 1 is 1.21 bits per heavy atom. The van der Waals surface area contributed by atoms with Gasteiger partial charge in [0.1, 0.15) is 23.4 Å². The van der Waals surface area contributed by atoms with Crippen molar-refractivity contribution < 1.29 is 23.5 Å². The van der Waals surface area contributed by atoms with Crippen LogP contribution in [0.2, 0.25) is 0 Å². The van der Waals surface area contributed by atoms with E-state index in [1.54, 1.807) is 12.1 Å². The molecule has 1 unspecified atom stereocenters. The summed E-state index contributed by atoms with van der Waals surface area (Å²) in [4.78, 5) is 25.1. The van der Waals surface area contributed by atoms with Crippen molar-refractivity contribution in [2.24, 2.45) is 0 Å². The lowest BCUT2D eigenvalue weighted by Gasteiger charge is -2.33. The van der Waals surface area contributed by atoms with Gasteiger partial charge in [-0.3, -0.25) is 9.59 Å². The van der Waals surface area contributed by atoms with Crippen molar-refractivity contribution in [2.45, 2.75) is 51.5 Å². The molecule has 7 heteroatoms. The van der Waals surface area contributed by atoms with Crippen LogP contribution in [-0.4, -0.2) is 29.7 Å². The second-order valence-corrected chi connectivity index (χ2v) is 10.4. The van der Waals surface area contributed by atoms with Gasteiger partial charge in [-0.05, 0) is 63.5 Å². The molecule has 2 heterocycles. The number of anilines is 1. The standard InChI is InChI=1S/C27H28FNO4S/c1-15-13-27(3,4)29-21-9-8-18(19-7-6-17(28)12-22(19)32-5)20(25(15)21)14-33-26(31)24-11-10-23(34-24)16(2)30/h6-10,12-13,24,29H,11,14H2,1-5H3. The molecule has 1 N–H and O–H groups in total. The Balaban J connectivity index is 1.73. The van der Waals surface area contributed by atoms with E-state index in [4.69, 9.17) is 9.47 Å². The number of halogens is 1. The molecule has 0 saturated carbocycles. The van der Waals surface area contributed by atoms with Crippen molar-refractivity contribution in [2.75, 3.05) is 12.4 Å². The minimum atomic E-state index is -0.434. The molecule has 178 valence electrons. The molecule has 0 aliphatic carbocycles. The molecule has 34 heavy (non-hydrogen) atoms. The summed E-state index contributed by atoms with van der Waals surface area (Å²) in [5.74, 6) is -0.395.